The Bertz CT molecular complexity index is 512. The maximum absolute atomic E-state index is 11.8. The number of amides is 1. The molecular formula is C15H23N3O3S. The number of aliphatic carboxylic acids is 1. The molecule has 0 aromatic carbocycles. The second-order valence-corrected chi connectivity index (χ2v) is 5.83. The summed E-state index contributed by atoms with van der Waals surface area (Å²) in [5, 5.41) is 12.1. The molecule has 0 unspecified atom stereocenters. The molecule has 0 aliphatic heterocycles. The first-order chi connectivity index (χ1) is 10.4. The Morgan fingerprint density at radius 3 is 2.32 bits per heavy atom. The van der Waals surface area contributed by atoms with Crippen LogP contribution < -0.4 is 5.32 Å². The number of nitrogens with zero attached hydrogens (tertiary/aromatic N) is 2. The zero-order valence-electron chi connectivity index (χ0n) is 13.3. The number of carbonyl (C=O) groups excluding carboxylic acids is 1. The van der Waals surface area contributed by atoms with Gasteiger partial charge < -0.3 is 10.4 Å². The molecule has 0 radical (unpaired) electrons. The number of nitrogens with one attached hydrogen (secondary N) is 1. The zero-order valence-corrected chi connectivity index (χ0v) is 14.1. The molecule has 0 aliphatic carbocycles. The first-order valence-electron chi connectivity index (χ1n) is 7.30. The number of hydrogen-bond donors (Lipinski definition) is 2. The topological polar surface area (TPSA) is 92.2 Å². The van der Waals surface area contributed by atoms with Gasteiger partial charge in [0.1, 0.15) is 0 Å². The highest BCUT2D eigenvalue weighted by Gasteiger charge is 2.10. The molecule has 6 nitrogen and oxygen atoms in total. The highest BCUT2D eigenvalue weighted by Crippen LogP contribution is 2.16. The summed E-state index contributed by atoms with van der Waals surface area (Å²) in [7, 11) is 0. The monoisotopic (exact) mass is 325 g/mol. The van der Waals surface area contributed by atoms with Crippen molar-refractivity contribution in [3.8, 4) is 0 Å². The Morgan fingerprint density at radius 2 is 1.77 bits per heavy atom. The molecule has 0 saturated heterocycles. The lowest BCUT2D eigenvalue weighted by molar-refractivity contribution is -0.137. The summed E-state index contributed by atoms with van der Waals surface area (Å²) in [6.07, 6.45) is 4.36. The number of hydrogen-bond acceptors (Lipinski definition) is 5. The standard InChI is InChI=1S/C15H23N3O3S/c1-10-12(11(2)18-15(17-10)22-3)7-8-13(19)16-9-5-4-6-14(20)21/h4-9H2,1-3H3,(H,16,19)(H,20,21). The number of carbonyl (C=O) groups is 2. The molecule has 22 heavy (non-hydrogen) atoms. The van der Waals surface area contributed by atoms with Crippen molar-refractivity contribution in [3.05, 3.63) is 17.0 Å². The molecule has 0 atom stereocenters. The van der Waals surface area contributed by atoms with Gasteiger partial charge in [0.05, 0.1) is 0 Å². The second-order valence-electron chi connectivity index (χ2n) is 5.06. The molecule has 1 heterocycles. The average Bonchev–Trinajstić information content (AvgIpc) is 2.45. The molecule has 0 bridgehead atoms. The predicted molar refractivity (Wildman–Crippen MR) is 86.1 cm³/mol. The lowest BCUT2D eigenvalue weighted by Crippen LogP contribution is -2.25. The number of carboxylic acid groups (broad SMARTS) is 1. The fourth-order valence-corrected chi connectivity index (χ4v) is 2.57. The van der Waals surface area contributed by atoms with Crippen molar-refractivity contribution in [1.29, 1.82) is 0 Å². The Kier molecular flexibility index (Phi) is 7.87. The van der Waals surface area contributed by atoms with Crippen LogP contribution in [0.5, 0.6) is 0 Å². The third-order valence-electron chi connectivity index (χ3n) is 3.32. The van der Waals surface area contributed by atoms with Crippen molar-refractivity contribution >= 4 is 23.6 Å². The van der Waals surface area contributed by atoms with Gasteiger partial charge in [0.2, 0.25) is 5.91 Å². The van der Waals surface area contributed by atoms with Gasteiger partial charge in [-0.05, 0) is 44.9 Å². The molecule has 1 rings (SSSR count). The highest BCUT2D eigenvalue weighted by atomic mass is 32.2. The van der Waals surface area contributed by atoms with E-state index in [0.717, 1.165) is 22.1 Å². The second kappa shape index (κ2) is 9.40. The summed E-state index contributed by atoms with van der Waals surface area (Å²) in [4.78, 5) is 30.9. The lowest BCUT2D eigenvalue weighted by Gasteiger charge is -2.10. The van der Waals surface area contributed by atoms with Gasteiger partial charge in [0.15, 0.2) is 5.16 Å². The number of aryl methyl sites for hydroxylation is 2. The van der Waals surface area contributed by atoms with E-state index in [1.165, 1.54) is 11.8 Å². The quantitative estimate of drug-likeness (QED) is 0.410. The first kappa shape index (κ1) is 18.4. The van der Waals surface area contributed by atoms with E-state index in [4.69, 9.17) is 5.11 Å². The molecule has 1 amide bonds. The SMILES string of the molecule is CSc1nc(C)c(CCC(=O)NCCCCC(=O)O)c(C)n1. The fourth-order valence-electron chi connectivity index (χ4n) is 2.12. The van der Waals surface area contributed by atoms with Crippen LogP contribution in [0.2, 0.25) is 0 Å². The number of aromatic nitrogens is 2. The molecular weight excluding hydrogens is 302 g/mol. The summed E-state index contributed by atoms with van der Waals surface area (Å²) >= 11 is 1.50. The Morgan fingerprint density at radius 1 is 1.14 bits per heavy atom. The Labute approximate surface area is 135 Å². The maximum atomic E-state index is 11.8. The molecule has 7 heteroatoms. The normalized spacial score (nSPS) is 10.5. The van der Waals surface area contributed by atoms with E-state index in [1.807, 2.05) is 20.1 Å². The lowest BCUT2D eigenvalue weighted by atomic mass is 10.1. The molecule has 1 aromatic rings. The summed E-state index contributed by atoms with van der Waals surface area (Å²) < 4.78 is 0. The van der Waals surface area contributed by atoms with Crippen LogP contribution in [0.3, 0.4) is 0 Å². The fraction of sp³-hybridized carbons (Fsp3) is 0.600. The minimum absolute atomic E-state index is 0.0249. The predicted octanol–water partition coefficient (Wildman–Crippen LogP) is 2.12. The van der Waals surface area contributed by atoms with Crippen LogP contribution >= 0.6 is 11.8 Å². The highest BCUT2D eigenvalue weighted by molar-refractivity contribution is 7.98. The summed E-state index contributed by atoms with van der Waals surface area (Å²) in [5.74, 6) is -0.825. The van der Waals surface area contributed by atoms with Crippen molar-refractivity contribution in [1.82, 2.24) is 15.3 Å². The van der Waals surface area contributed by atoms with Crippen LogP contribution in [-0.4, -0.2) is 39.8 Å². The molecule has 0 fully saturated rings. The van der Waals surface area contributed by atoms with Gasteiger partial charge in [-0.15, -0.1) is 0 Å². The van der Waals surface area contributed by atoms with Gasteiger partial charge in [0, 0.05) is 30.8 Å². The smallest absolute Gasteiger partial charge is 0.303 e. The van der Waals surface area contributed by atoms with Crippen LogP contribution in [0, 0.1) is 13.8 Å². The molecule has 0 aliphatic rings. The minimum atomic E-state index is -0.800. The van der Waals surface area contributed by atoms with E-state index in [9.17, 15) is 9.59 Å². The number of carboxylic acids is 1. The average molecular weight is 325 g/mol. The molecule has 2 N–H and O–H groups in total. The third kappa shape index (κ3) is 6.43. The van der Waals surface area contributed by atoms with E-state index >= 15 is 0 Å². The number of rotatable bonds is 9. The first-order valence-corrected chi connectivity index (χ1v) is 8.53. The molecule has 1 aromatic heterocycles. The molecule has 0 saturated carbocycles. The summed E-state index contributed by atoms with van der Waals surface area (Å²) in [5.41, 5.74) is 2.87. The largest absolute Gasteiger partial charge is 0.481 e. The van der Waals surface area contributed by atoms with Crippen molar-refractivity contribution in [3.63, 3.8) is 0 Å². The van der Waals surface area contributed by atoms with Crippen molar-refractivity contribution in [2.24, 2.45) is 0 Å². The van der Waals surface area contributed by atoms with Gasteiger partial charge >= 0.3 is 5.97 Å². The van der Waals surface area contributed by atoms with Crippen molar-refractivity contribution in [2.75, 3.05) is 12.8 Å². The summed E-state index contributed by atoms with van der Waals surface area (Å²) in [6, 6.07) is 0. The number of thioether (sulfide) groups is 1. The molecule has 0 spiro atoms. The van der Waals surface area contributed by atoms with Gasteiger partial charge in [-0.3, -0.25) is 9.59 Å². The van der Waals surface area contributed by atoms with Gasteiger partial charge in [0.25, 0.3) is 0 Å². The van der Waals surface area contributed by atoms with Crippen molar-refractivity contribution in [2.45, 2.75) is 51.1 Å². The van der Waals surface area contributed by atoms with Crippen LogP contribution in [0.4, 0.5) is 0 Å². The van der Waals surface area contributed by atoms with Crippen LogP contribution in [0.25, 0.3) is 0 Å². The summed E-state index contributed by atoms with van der Waals surface area (Å²) in [6.45, 7) is 4.40. The van der Waals surface area contributed by atoms with Gasteiger partial charge in [-0.2, -0.15) is 0 Å². The number of unbranched alkanes of at least 4 members (excludes halogenated alkanes) is 1. The van der Waals surface area contributed by atoms with E-state index in [1.54, 1.807) is 0 Å². The Balaban J connectivity index is 2.37. The van der Waals surface area contributed by atoms with Crippen LogP contribution in [0.15, 0.2) is 5.16 Å². The van der Waals surface area contributed by atoms with E-state index in [0.29, 0.717) is 32.2 Å². The Hall–Kier alpha value is -1.63. The van der Waals surface area contributed by atoms with E-state index in [2.05, 4.69) is 15.3 Å². The van der Waals surface area contributed by atoms with Gasteiger partial charge in [-0.25, -0.2) is 9.97 Å². The minimum Gasteiger partial charge on any atom is -0.481 e. The van der Waals surface area contributed by atoms with Gasteiger partial charge in [-0.1, -0.05) is 11.8 Å². The van der Waals surface area contributed by atoms with E-state index in [-0.39, 0.29) is 12.3 Å². The zero-order chi connectivity index (χ0) is 16.5. The van der Waals surface area contributed by atoms with Crippen LogP contribution in [0.1, 0.15) is 42.6 Å². The van der Waals surface area contributed by atoms with Crippen LogP contribution in [-0.2, 0) is 16.0 Å². The maximum Gasteiger partial charge on any atom is 0.303 e. The third-order valence-corrected chi connectivity index (χ3v) is 3.87. The molecule has 122 valence electrons. The van der Waals surface area contributed by atoms with Crippen molar-refractivity contribution < 1.29 is 14.7 Å². The van der Waals surface area contributed by atoms with E-state index < -0.39 is 5.97 Å².